The summed E-state index contributed by atoms with van der Waals surface area (Å²) in [5.74, 6) is 2.38. The van der Waals surface area contributed by atoms with Crippen molar-refractivity contribution in [1.29, 1.82) is 0 Å². The van der Waals surface area contributed by atoms with Crippen LogP contribution in [0.25, 0.3) is 0 Å². The van der Waals surface area contributed by atoms with Gasteiger partial charge >= 0.3 is 0 Å². The van der Waals surface area contributed by atoms with E-state index in [-0.39, 0.29) is 6.04 Å². The van der Waals surface area contributed by atoms with E-state index in [0.717, 1.165) is 23.8 Å². The summed E-state index contributed by atoms with van der Waals surface area (Å²) in [7, 11) is 0. The topological polar surface area (TPSA) is 50.7 Å². The molecule has 2 aromatic heterocycles. The van der Waals surface area contributed by atoms with Gasteiger partial charge in [0.05, 0.1) is 11.7 Å². The van der Waals surface area contributed by atoms with Crippen molar-refractivity contribution < 1.29 is 0 Å². The van der Waals surface area contributed by atoms with Crippen molar-refractivity contribution in [2.75, 3.05) is 5.32 Å². The molecule has 1 saturated carbocycles. The fourth-order valence-electron chi connectivity index (χ4n) is 2.94. The van der Waals surface area contributed by atoms with E-state index in [1.165, 1.54) is 24.0 Å². The Balaban J connectivity index is 1.58. The van der Waals surface area contributed by atoms with Crippen LogP contribution in [0.3, 0.4) is 0 Å². The fraction of sp³-hybridized carbons (Fsp3) is 0.286. The van der Waals surface area contributed by atoms with E-state index >= 15 is 0 Å². The number of aryl methyl sites for hydroxylation is 1. The Labute approximate surface area is 148 Å². The van der Waals surface area contributed by atoms with Crippen molar-refractivity contribution in [3.8, 4) is 0 Å². The van der Waals surface area contributed by atoms with Gasteiger partial charge in [0, 0.05) is 18.3 Å². The number of hydrogen-bond acceptors (Lipinski definition) is 4. The first-order valence-electron chi connectivity index (χ1n) is 8.84. The van der Waals surface area contributed by atoms with Gasteiger partial charge in [-0.2, -0.15) is 0 Å². The molecule has 2 heterocycles. The number of nitrogens with zero attached hydrogens (tertiary/aromatic N) is 3. The second-order valence-corrected chi connectivity index (χ2v) is 6.72. The van der Waals surface area contributed by atoms with Gasteiger partial charge in [-0.1, -0.05) is 35.9 Å². The molecule has 0 amide bonds. The molecule has 0 bridgehead atoms. The molecule has 1 N–H and O–H groups in total. The first kappa shape index (κ1) is 15.8. The first-order valence-corrected chi connectivity index (χ1v) is 8.84. The molecule has 1 unspecified atom stereocenters. The fourth-order valence-corrected chi connectivity index (χ4v) is 2.94. The number of aromatic nitrogens is 3. The van der Waals surface area contributed by atoms with Crippen LogP contribution in [0.5, 0.6) is 0 Å². The smallest absolute Gasteiger partial charge is 0.133 e. The summed E-state index contributed by atoms with van der Waals surface area (Å²) in [5, 5.41) is 3.57. The molecule has 0 radical (unpaired) electrons. The number of pyridine rings is 1. The third kappa shape index (κ3) is 4.02. The van der Waals surface area contributed by atoms with E-state index in [1.54, 1.807) is 0 Å². The van der Waals surface area contributed by atoms with E-state index < -0.39 is 0 Å². The van der Waals surface area contributed by atoms with Crippen LogP contribution in [0, 0.1) is 6.92 Å². The SMILES string of the molecule is Cc1ccc(CC(Nc2ccnc(C3CC3)n2)c2ccccn2)cc1. The van der Waals surface area contributed by atoms with Crippen LogP contribution in [-0.2, 0) is 6.42 Å². The number of rotatable bonds is 6. The number of anilines is 1. The molecule has 1 atom stereocenters. The molecule has 3 aromatic rings. The average Bonchev–Trinajstić information content (AvgIpc) is 3.49. The zero-order chi connectivity index (χ0) is 17.1. The van der Waals surface area contributed by atoms with Crippen molar-refractivity contribution in [2.24, 2.45) is 0 Å². The van der Waals surface area contributed by atoms with Gasteiger partial charge in [-0.15, -0.1) is 0 Å². The van der Waals surface area contributed by atoms with Crippen LogP contribution in [-0.4, -0.2) is 15.0 Å². The summed E-state index contributed by atoms with van der Waals surface area (Å²) in [6.07, 6.45) is 6.96. The summed E-state index contributed by atoms with van der Waals surface area (Å²) in [4.78, 5) is 13.7. The summed E-state index contributed by atoms with van der Waals surface area (Å²) in [5.41, 5.74) is 3.58. The van der Waals surface area contributed by atoms with Crippen LogP contribution in [0.4, 0.5) is 5.82 Å². The summed E-state index contributed by atoms with van der Waals surface area (Å²) >= 11 is 0. The minimum Gasteiger partial charge on any atom is -0.361 e. The molecule has 4 nitrogen and oxygen atoms in total. The van der Waals surface area contributed by atoms with E-state index in [9.17, 15) is 0 Å². The minimum atomic E-state index is 0.0749. The Morgan fingerprint density at radius 1 is 1.00 bits per heavy atom. The number of benzene rings is 1. The van der Waals surface area contributed by atoms with Crippen molar-refractivity contribution in [3.05, 3.63) is 83.6 Å². The lowest BCUT2D eigenvalue weighted by Gasteiger charge is -2.19. The molecule has 25 heavy (non-hydrogen) atoms. The van der Waals surface area contributed by atoms with Crippen LogP contribution in [0.1, 0.15) is 47.4 Å². The largest absolute Gasteiger partial charge is 0.361 e. The Hall–Kier alpha value is -2.75. The number of nitrogens with one attached hydrogen (secondary N) is 1. The van der Waals surface area contributed by atoms with Crippen molar-refractivity contribution in [1.82, 2.24) is 15.0 Å². The van der Waals surface area contributed by atoms with Gasteiger partial charge in [0.2, 0.25) is 0 Å². The summed E-state index contributed by atoms with van der Waals surface area (Å²) < 4.78 is 0. The lowest BCUT2D eigenvalue weighted by Crippen LogP contribution is -2.16. The van der Waals surface area contributed by atoms with E-state index in [0.29, 0.717) is 5.92 Å². The molecule has 1 aliphatic carbocycles. The average molecular weight is 330 g/mol. The van der Waals surface area contributed by atoms with E-state index in [2.05, 4.69) is 52.5 Å². The maximum absolute atomic E-state index is 4.71. The normalized spacial score (nSPS) is 14.9. The molecule has 1 aliphatic rings. The summed E-state index contributed by atoms with van der Waals surface area (Å²) in [6.45, 7) is 2.11. The molecule has 0 saturated heterocycles. The molecular weight excluding hydrogens is 308 g/mol. The van der Waals surface area contributed by atoms with Gasteiger partial charge in [0.15, 0.2) is 0 Å². The molecular formula is C21H22N4. The second-order valence-electron chi connectivity index (χ2n) is 6.72. The Morgan fingerprint density at radius 2 is 1.84 bits per heavy atom. The van der Waals surface area contributed by atoms with Gasteiger partial charge in [0.1, 0.15) is 11.6 Å². The standard InChI is InChI=1S/C21H22N4/c1-15-5-7-16(8-6-15)14-19(18-4-2-3-12-22-18)24-20-11-13-23-21(25-20)17-9-10-17/h2-8,11-13,17,19H,9-10,14H2,1H3,(H,23,24,25). The third-order valence-electron chi connectivity index (χ3n) is 4.54. The van der Waals surface area contributed by atoms with Gasteiger partial charge < -0.3 is 5.32 Å². The van der Waals surface area contributed by atoms with Crippen LogP contribution >= 0.6 is 0 Å². The maximum atomic E-state index is 4.71. The molecule has 4 heteroatoms. The van der Waals surface area contributed by atoms with Crippen LogP contribution in [0.15, 0.2) is 60.9 Å². The highest BCUT2D eigenvalue weighted by Gasteiger charge is 2.26. The molecule has 126 valence electrons. The predicted octanol–water partition coefficient (Wildman–Crippen LogP) is 4.45. The second kappa shape index (κ2) is 7.01. The maximum Gasteiger partial charge on any atom is 0.133 e. The van der Waals surface area contributed by atoms with Gasteiger partial charge in [-0.25, -0.2) is 9.97 Å². The Kier molecular flexibility index (Phi) is 4.42. The molecule has 1 fully saturated rings. The molecule has 1 aromatic carbocycles. The Morgan fingerprint density at radius 3 is 2.56 bits per heavy atom. The quantitative estimate of drug-likeness (QED) is 0.725. The highest BCUT2D eigenvalue weighted by molar-refractivity contribution is 5.38. The Bertz CT molecular complexity index is 826. The van der Waals surface area contributed by atoms with Crippen LogP contribution < -0.4 is 5.32 Å². The van der Waals surface area contributed by atoms with Gasteiger partial charge in [0.25, 0.3) is 0 Å². The monoisotopic (exact) mass is 330 g/mol. The highest BCUT2D eigenvalue weighted by atomic mass is 15.1. The molecule has 0 aliphatic heterocycles. The van der Waals surface area contributed by atoms with E-state index in [4.69, 9.17) is 4.98 Å². The van der Waals surface area contributed by atoms with Crippen molar-refractivity contribution in [3.63, 3.8) is 0 Å². The van der Waals surface area contributed by atoms with Crippen LogP contribution in [0.2, 0.25) is 0 Å². The zero-order valence-electron chi connectivity index (χ0n) is 14.4. The number of hydrogen-bond donors (Lipinski definition) is 1. The lowest BCUT2D eigenvalue weighted by molar-refractivity contribution is 0.738. The van der Waals surface area contributed by atoms with E-state index in [1.807, 2.05) is 30.6 Å². The van der Waals surface area contributed by atoms with Gasteiger partial charge in [-0.05, 0) is 49.9 Å². The van der Waals surface area contributed by atoms with Crippen molar-refractivity contribution >= 4 is 5.82 Å². The predicted molar refractivity (Wildman–Crippen MR) is 99.5 cm³/mol. The highest BCUT2D eigenvalue weighted by Crippen LogP contribution is 2.38. The third-order valence-corrected chi connectivity index (χ3v) is 4.54. The van der Waals surface area contributed by atoms with Crippen molar-refractivity contribution in [2.45, 2.75) is 38.1 Å². The minimum absolute atomic E-state index is 0.0749. The summed E-state index contributed by atoms with van der Waals surface area (Å²) in [6, 6.07) is 16.7. The lowest BCUT2D eigenvalue weighted by atomic mass is 10.0. The first-order chi connectivity index (χ1) is 12.3. The molecule has 0 spiro atoms. The zero-order valence-corrected chi connectivity index (χ0v) is 14.4. The molecule has 4 rings (SSSR count). The van der Waals surface area contributed by atoms with Gasteiger partial charge in [-0.3, -0.25) is 4.98 Å².